The lowest BCUT2D eigenvalue weighted by molar-refractivity contribution is -0.137. The largest absolute Gasteiger partial charge is 0.493 e. The molecule has 0 fully saturated rings. The Labute approximate surface area is 136 Å². The van der Waals surface area contributed by atoms with Gasteiger partial charge in [0.1, 0.15) is 0 Å². The van der Waals surface area contributed by atoms with E-state index in [1.807, 2.05) is 0 Å². The molecule has 2 aromatic carbocycles. The first-order valence-corrected chi connectivity index (χ1v) is 7.23. The Morgan fingerprint density at radius 3 is 2.35 bits per heavy atom. The SMILES string of the molecule is Oc1[nH]c2ccc(C(F)(F)F)cc2c1N=Nc1ccc(Br)cc1. The van der Waals surface area contributed by atoms with E-state index in [0.29, 0.717) is 11.2 Å². The number of aromatic nitrogens is 1. The fraction of sp³-hybridized carbons (Fsp3) is 0.0667. The van der Waals surface area contributed by atoms with Crippen LogP contribution in [-0.2, 0) is 6.18 Å². The first-order chi connectivity index (χ1) is 10.8. The normalized spacial score (nSPS) is 12.3. The van der Waals surface area contributed by atoms with E-state index in [0.717, 1.165) is 16.6 Å². The topological polar surface area (TPSA) is 60.7 Å². The molecule has 0 radical (unpaired) electrons. The number of H-pyrrole nitrogens is 1. The predicted molar refractivity (Wildman–Crippen MR) is 83.3 cm³/mol. The van der Waals surface area contributed by atoms with Gasteiger partial charge < -0.3 is 10.1 Å². The second-order valence-corrected chi connectivity index (χ2v) is 5.67. The van der Waals surface area contributed by atoms with E-state index in [-0.39, 0.29) is 17.0 Å². The van der Waals surface area contributed by atoms with Crippen LogP contribution in [0.5, 0.6) is 5.88 Å². The number of aromatic amines is 1. The van der Waals surface area contributed by atoms with Crippen molar-refractivity contribution in [1.82, 2.24) is 4.98 Å². The van der Waals surface area contributed by atoms with Crippen LogP contribution in [0, 0.1) is 0 Å². The van der Waals surface area contributed by atoms with Crippen LogP contribution < -0.4 is 0 Å². The molecule has 0 unspecified atom stereocenters. The highest BCUT2D eigenvalue weighted by atomic mass is 79.9. The van der Waals surface area contributed by atoms with Gasteiger partial charge in [-0.2, -0.15) is 18.3 Å². The molecule has 8 heteroatoms. The van der Waals surface area contributed by atoms with Crippen molar-refractivity contribution >= 4 is 38.2 Å². The molecule has 2 N–H and O–H groups in total. The van der Waals surface area contributed by atoms with Gasteiger partial charge in [0.15, 0.2) is 5.69 Å². The maximum atomic E-state index is 12.8. The minimum absolute atomic E-state index is 0.0333. The Morgan fingerprint density at radius 1 is 1.00 bits per heavy atom. The van der Waals surface area contributed by atoms with Crippen molar-refractivity contribution in [2.24, 2.45) is 10.2 Å². The number of nitrogens with zero attached hydrogens (tertiary/aromatic N) is 2. The van der Waals surface area contributed by atoms with E-state index in [4.69, 9.17) is 0 Å². The van der Waals surface area contributed by atoms with Crippen molar-refractivity contribution in [3.05, 3.63) is 52.5 Å². The summed E-state index contributed by atoms with van der Waals surface area (Å²) >= 11 is 3.28. The lowest BCUT2D eigenvalue weighted by Crippen LogP contribution is -2.03. The Kier molecular flexibility index (Phi) is 3.85. The molecule has 3 aromatic rings. The molecule has 1 heterocycles. The highest BCUT2D eigenvalue weighted by Crippen LogP contribution is 2.39. The van der Waals surface area contributed by atoms with Gasteiger partial charge in [-0.05, 0) is 42.5 Å². The number of nitrogens with one attached hydrogen (secondary N) is 1. The zero-order valence-electron chi connectivity index (χ0n) is 11.4. The van der Waals surface area contributed by atoms with Gasteiger partial charge in [0.05, 0.1) is 16.8 Å². The van der Waals surface area contributed by atoms with E-state index < -0.39 is 11.7 Å². The maximum Gasteiger partial charge on any atom is 0.416 e. The summed E-state index contributed by atoms with van der Waals surface area (Å²) < 4.78 is 39.3. The molecule has 0 bridgehead atoms. The van der Waals surface area contributed by atoms with E-state index in [1.165, 1.54) is 6.07 Å². The van der Waals surface area contributed by atoms with Gasteiger partial charge in [-0.1, -0.05) is 15.9 Å². The number of aromatic hydroxyl groups is 1. The monoisotopic (exact) mass is 383 g/mol. The summed E-state index contributed by atoms with van der Waals surface area (Å²) in [4.78, 5) is 2.58. The number of azo groups is 1. The van der Waals surface area contributed by atoms with Crippen molar-refractivity contribution in [1.29, 1.82) is 0 Å². The summed E-state index contributed by atoms with van der Waals surface area (Å²) in [5, 5.41) is 17.8. The van der Waals surface area contributed by atoms with Crippen LogP contribution in [0.4, 0.5) is 24.5 Å². The first-order valence-electron chi connectivity index (χ1n) is 6.44. The minimum atomic E-state index is -4.47. The van der Waals surface area contributed by atoms with Gasteiger partial charge in [0.25, 0.3) is 0 Å². The minimum Gasteiger partial charge on any atom is -0.493 e. The number of alkyl halides is 3. The van der Waals surface area contributed by atoms with Crippen molar-refractivity contribution in [3.8, 4) is 5.88 Å². The van der Waals surface area contributed by atoms with Crippen LogP contribution in [0.1, 0.15) is 5.56 Å². The molecular weight excluding hydrogens is 375 g/mol. The second kappa shape index (κ2) is 5.69. The van der Waals surface area contributed by atoms with Crippen LogP contribution in [0.3, 0.4) is 0 Å². The molecule has 4 nitrogen and oxygen atoms in total. The predicted octanol–water partition coefficient (Wildman–Crippen LogP) is 6.07. The van der Waals surface area contributed by atoms with Crippen LogP contribution >= 0.6 is 15.9 Å². The average molecular weight is 384 g/mol. The van der Waals surface area contributed by atoms with Gasteiger partial charge in [-0.25, -0.2) is 0 Å². The van der Waals surface area contributed by atoms with Crippen molar-refractivity contribution in [2.45, 2.75) is 6.18 Å². The third-order valence-electron chi connectivity index (χ3n) is 3.17. The molecule has 0 saturated carbocycles. The summed E-state index contributed by atoms with van der Waals surface area (Å²) in [7, 11) is 0. The molecule has 0 aliphatic carbocycles. The molecule has 0 atom stereocenters. The maximum absolute atomic E-state index is 12.8. The van der Waals surface area contributed by atoms with E-state index in [1.54, 1.807) is 24.3 Å². The van der Waals surface area contributed by atoms with Gasteiger partial charge in [-0.3, -0.25) is 0 Å². The van der Waals surface area contributed by atoms with Gasteiger partial charge in [0.2, 0.25) is 5.88 Å². The quantitative estimate of drug-likeness (QED) is 0.518. The highest BCUT2D eigenvalue weighted by Gasteiger charge is 2.31. The Hall–Kier alpha value is -2.35. The smallest absolute Gasteiger partial charge is 0.416 e. The highest BCUT2D eigenvalue weighted by molar-refractivity contribution is 9.10. The van der Waals surface area contributed by atoms with Crippen molar-refractivity contribution < 1.29 is 18.3 Å². The molecule has 0 saturated heterocycles. The zero-order chi connectivity index (χ0) is 16.6. The van der Waals surface area contributed by atoms with E-state index in [2.05, 4.69) is 31.1 Å². The van der Waals surface area contributed by atoms with Crippen molar-refractivity contribution in [3.63, 3.8) is 0 Å². The molecule has 0 amide bonds. The fourth-order valence-electron chi connectivity index (χ4n) is 2.06. The summed E-state index contributed by atoms with van der Waals surface area (Å²) in [5.74, 6) is -0.333. The molecule has 118 valence electrons. The van der Waals surface area contributed by atoms with Crippen LogP contribution in [-0.4, -0.2) is 10.1 Å². The first kappa shape index (κ1) is 15.5. The molecule has 0 aliphatic heterocycles. The van der Waals surface area contributed by atoms with E-state index >= 15 is 0 Å². The Bertz CT molecular complexity index is 885. The summed E-state index contributed by atoms with van der Waals surface area (Å²) in [5.41, 5.74) is 0.00675. The van der Waals surface area contributed by atoms with Crippen LogP contribution in [0.25, 0.3) is 10.9 Å². The fourth-order valence-corrected chi connectivity index (χ4v) is 2.32. The summed E-state index contributed by atoms with van der Waals surface area (Å²) in [6.45, 7) is 0. The Balaban J connectivity index is 2.05. The third-order valence-corrected chi connectivity index (χ3v) is 3.70. The average Bonchev–Trinajstić information content (AvgIpc) is 2.80. The molecule has 0 spiro atoms. The van der Waals surface area contributed by atoms with Gasteiger partial charge in [-0.15, -0.1) is 5.11 Å². The number of hydrogen-bond donors (Lipinski definition) is 2. The van der Waals surface area contributed by atoms with E-state index in [9.17, 15) is 18.3 Å². The number of halogens is 4. The Morgan fingerprint density at radius 2 is 1.70 bits per heavy atom. The number of benzene rings is 2. The molecule has 1 aromatic heterocycles. The third kappa shape index (κ3) is 3.21. The molecule has 0 aliphatic rings. The van der Waals surface area contributed by atoms with Crippen molar-refractivity contribution in [2.75, 3.05) is 0 Å². The van der Waals surface area contributed by atoms with Gasteiger partial charge in [0, 0.05) is 9.86 Å². The van der Waals surface area contributed by atoms with Crippen LogP contribution in [0.15, 0.2) is 57.2 Å². The molecule has 3 rings (SSSR count). The standard InChI is InChI=1S/C15H9BrF3N3O/c16-9-2-4-10(5-3-9)21-22-13-11-7-8(15(17,18)19)1-6-12(11)20-14(13)23/h1-7,20,23H. The summed E-state index contributed by atoms with van der Waals surface area (Å²) in [6, 6.07) is 9.99. The number of rotatable bonds is 2. The lowest BCUT2D eigenvalue weighted by Gasteiger charge is -2.05. The number of fused-ring (bicyclic) bond motifs is 1. The molecular formula is C15H9BrF3N3O. The summed E-state index contributed by atoms with van der Waals surface area (Å²) in [6.07, 6.45) is -4.47. The zero-order valence-corrected chi connectivity index (χ0v) is 13.0. The second-order valence-electron chi connectivity index (χ2n) is 4.76. The lowest BCUT2D eigenvalue weighted by atomic mass is 10.1. The number of hydrogen-bond acceptors (Lipinski definition) is 3. The molecule has 23 heavy (non-hydrogen) atoms. The van der Waals surface area contributed by atoms with Gasteiger partial charge >= 0.3 is 6.18 Å². The van der Waals surface area contributed by atoms with Crippen LogP contribution in [0.2, 0.25) is 0 Å².